The highest BCUT2D eigenvalue weighted by molar-refractivity contribution is 5.65. The van der Waals surface area contributed by atoms with Gasteiger partial charge in [-0.15, -0.1) is 5.10 Å². The molecule has 96 valence electrons. The van der Waals surface area contributed by atoms with Crippen LogP contribution in [0.5, 0.6) is 0 Å². The number of pyridine rings is 1. The molecule has 6 nitrogen and oxygen atoms in total. The van der Waals surface area contributed by atoms with E-state index in [1.807, 2.05) is 12.1 Å². The smallest absolute Gasteiger partial charge is 0.168 e. The molecule has 0 saturated heterocycles. The van der Waals surface area contributed by atoms with Crippen LogP contribution in [-0.4, -0.2) is 21.3 Å². The van der Waals surface area contributed by atoms with Gasteiger partial charge in [0.15, 0.2) is 11.6 Å². The molecule has 0 radical (unpaired) electrons. The summed E-state index contributed by atoms with van der Waals surface area (Å²) in [5.74, 6) is 2.17. The van der Waals surface area contributed by atoms with E-state index in [9.17, 15) is 5.26 Å². The Kier molecular flexibility index (Phi) is 2.80. The summed E-state index contributed by atoms with van der Waals surface area (Å²) in [7, 11) is 0. The molecule has 0 unspecified atom stereocenters. The van der Waals surface area contributed by atoms with Crippen molar-refractivity contribution in [1.82, 2.24) is 14.8 Å². The van der Waals surface area contributed by atoms with Gasteiger partial charge in [0.25, 0.3) is 0 Å². The molecule has 1 aliphatic rings. The maximum Gasteiger partial charge on any atom is 0.168 e. The van der Waals surface area contributed by atoms with Gasteiger partial charge in [0.1, 0.15) is 17.5 Å². The van der Waals surface area contributed by atoms with Crippen molar-refractivity contribution < 1.29 is 0 Å². The molecular weight excluding hydrogens is 240 g/mol. The minimum absolute atomic E-state index is 0.319. The van der Waals surface area contributed by atoms with Crippen LogP contribution >= 0.6 is 0 Å². The standard InChI is InChI=1S/C13H14N6/c14-7-10-12(15)19(11-3-1-2-6-16-11)18-13(10)17-8-9-4-5-9/h1-3,6,9H,4-5,8,15H2,(H,17,18). The van der Waals surface area contributed by atoms with Crippen LogP contribution in [0.4, 0.5) is 11.6 Å². The monoisotopic (exact) mass is 254 g/mol. The number of hydrogen-bond donors (Lipinski definition) is 2. The van der Waals surface area contributed by atoms with Crippen molar-refractivity contribution in [3.63, 3.8) is 0 Å². The molecule has 2 aromatic rings. The maximum absolute atomic E-state index is 9.20. The summed E-state index contributed by atoms with van der Waals surface area (Å²) in [6.45, 7) is 0.841. The summed E-state index contributed by atoms with van der Waals surface area (Å²) >= 11 is 0. The molecule has 3 N–H and O–H groups in total. The van der Waals surface area contributed by atoms with Crippen molar-refractivity contribution in [3.05, 3.63) is 30.0 Å². The van der Waals surface area contributed by atoms with Gasteiger partial charge in [0.05, 0.1) is 0 Å². The summed E-state index contributed by atoms with van der Waals surface area (Å²) in [6.07, 6.45) is 4.15. The van der Waals surface area contributed by atoms with Crippen LogP contribution in [0.15, 0.2) is 24.4 Å². The maximum atomic E-state index is 9.20. The molecule has 3 rings (SSSR count). The van der Waals surface area contributed by atoms with Crippen LogP contribution in [0.25, 0.3) is 5.82 Å². The predicted molar refractivity (Wildman–Crippen MR) is 71.7 cm³/mol. The van der Waals surface area contributed by atoms with Crippen molar-refractivity contribution >= 4 is 11.6 Å². The molecule has 19 heavy (non-hydrogen) atoms. The van der Waals surface area contributed by atoms with E-state index >= 15 is 0 Å². The lowest BCUT2D eigenvalue weighted by Gasteiger charge is -2.01. The zero-order valence-corrected chi connectivity index (χ0v) is 10.4. The Hall–Kier alpha value is -2.55. The Morgan fingerprint density at radius 1 is 1.47 bits per heavy atom. The van der Waals surface area contributed by atoms with E-state index in [-0.39, 0.29) is 0 Å². The number of nitrogens with zero attached hydrogens (tertiary/aromatic N) is 4. The number of nitrogens with two attached hydrogens (primary N) is 1. The van der Waals surface area contributed by atoms with Crippen LogP contribution in [0.3, 0.4) is 0 Å². The van der Waals surface area contributed by atoms with Crippen LogP contribution in [0.2, 0.25) is 0 Å². The van der Waals surface area contributed by atoms with E-state index in [2.05, 4.69) is 21.5 Å². The Labute approximate surface area is 110 Å². The third-order valence-electron chi connectivity index (χ3n) is 3.15. The van der Waals surface area contributed by atoms with Gasteiger partial charge >= 0.3 is 0 Å². The Morgan fingerprint density at radius 2 is 2.32 bits per heavy atom. The van der Waals surface area contributed by atoms with Gasteiger partial charge in [0.2, 0.25) is 0 Å². The van der Waals surface area contributed by atoms with Gasteiger partial charge in [-0.1, -0.05) is 6.07 Å². The Bertz CT molecular complexity index is 621. The van der Waals surface area contributed by atoms with Gasteiger partial charge in [-0.2, -0.15) is 9.94 Å². The molecule has 0 amide bonds. The Morgan fingerprint density at radius 3 is 2.95 bits per heavy atom. The third-order valence-corrected chi connectivity index (χ3v) is 3.15. The molecule has 0 aliphatic heterocycles. The van der Waals surface area contributed by atoms with Crippen molar-refractivity contribution in [2.24, 2.45) is 5.92 Å². The van der Waals surface area contributed by atoms with Gasteiger partial charge in [-0.3, -0.25) is 0 Å². The minimum atomic E-state index is 0.319. The number of aromatic nitrogens is 3. The first-order chi connectivity index (χ1) is 9.29. The van der Waals surface area contributed by atoms with E-state index in [0.717, 1.165) is 6.54 Å². The number of nitrogen functional groups attached to an aromatic ring is 1. The topological polar surface area (TPSA) is 92.5 Å². The highest BCUT2D eigenvalue weighted by atomic mass is 15.4. The largest absolute Gasteiger partial charge is 0.382 e. The van der Waals surface area contributed by atoms with E-state index in [0.29, 0.717) is 28.9 Å². The molecule has 2 heterocycles. The quantitative estimate of drug-likeness (QED) is 0.863. The van der Waals surface area contributed by atoms with Crippen LogP contribution < -0.4 is 11.1 Å². The van der Waals surface area contributed by atoms with Crippen LogP contribution in [-0.2, 0) is 0 Å². The second-order valence-electron chi connectivity index (χ2n) is 4.64. The summed E-state index contributed by atoms with van der Waals surface area (Å²) in [6, 6.07) is 7.57. The highest BCUT2D eigenvalue weighted by Crippen LogP contribution is 2.30. The molecular formula is C13H14N6. The van der Waals surface area contributed by atoms with E-state index in [1.165, 1.54) is 17.5 Å². The van der Waals surface area contributed by atoms with E-state index in [1.54, 1.807) is 12.3 Å². The minimum Gasteiger partial charge on any atom is -0.382 e. The first-order valence-corrected chi connectivity index (χ1v) is 6.23. The van der Waals surface area contributed by atoms with E-state index < -0.39 is 0 Å². The second-order valence-corrected chi connectivity index (χ2v) is 4.64. The highest BCUT2D eigenvalue weighted by Gasteiger charge is 2.23. The average molecular weight is 254 g/mol. The fourth-order valence-electron chi connectivity index (χ4n) is 1.88. The van der Waals surface area contributed by atoms with Gasteiger partial charge < -0.3 is 11.1 Å². The van der Waals surface area contributed by atoms with Crippen LogP contribution in [0.1, 0.15) is 18.4 Å². The second kappa shape index (κ2) is 4.61. The number of hydrogen-bond acceptors (Lipinski definition) is 5. The van der Waals surface area contributed by atoms with Crippen molar-refractivity contribution in [2.75, 3.05) is 17.6 Å². The number of anilines is 2. The molecule has 1 aliphatic carbocycles. The summed E-state index contributed by atoms with van der Waals surface area (Å²) in [5.41, 5.74) is 6.35. The normalized spacial score (nSPS) is 14.1. The van der Waals surface area contributed by atoms with E-state index in [4.69, 9.17) is 5.73 Å². The third kappa shape index (κ3) is 2.22. The lowest BCUT2D eigenvalue weighted by Crippen LogP contribution is -2.06. The summed E-state index contributed by atoms with van der Waals surface area (Å²) in [5, 5.41) is 16.7. The zero-order chi connectivity index (χ0) is 13.2. The van der Waals surface area contributed by atoms with Crippen LogP contribution in [0, 0.1) is 17.2 Å². The summed E-state index contributed by atoms with van der Waals surface area (Å²) < 4.78 is 1.49. The fraction of sp³-hybridized carbons (Fsp3) is 0.308. The lowest BCUT2D eigenvalue weighted by molar-refractivity contribution is 0.838. The Balaban J connectivity index is 1.94. The van der Waals surface area contributed by atoms with Crippen molar-refractivity contribution in [1.29, 1.82) is 5.26 Å². The predicted octanol–water partition coefficient (Wildman–Crippen LogP) is 1.54. The number of nitriles is 1. The SMILES string of the molecule is N#Cc1c(NCC2CC2)nn(-c2ccccn2)c1N. The number of rotatable bonds is 4. The molecule has 0 spiro atoms. The molecule has 0 aromatic carbocycles. The molecule has 6 heteroatoms. The average Bonchev–Trinajstić information content (AvgIpc) is 3.21. The van der Waals surface area contributed by atoms with Crippen molar-refractivity contribution in [3.8, 4) is 11.9 Å². The molecule has 1 fully saturated rings. The van der Waals surface area contributed by atoms with Gasteiger partial charge in [-0.05, 0) is 30.9 Å². The lowest BCUT2D eigenvalue weighted by atomic mass is 10.3. The van der Waals surface area contributed by atoms with Gasteiger partial charge in [-0.25, -0.2) is 4.98 Å². The zero-order valence-electron chi connectivity index (χ0n) is 10.4. The fourth-order valence-corrected chi connectivity index (χ4v) is 1.88. The molecule has 0 atom stereocenters. The first kappa shape index (κ1) is 11.5. The summed E-state index contributed by atoms with van der Waals surface area (Å²) in [4.78, 5) is 4.19. The molecule has 2 aromatic heterocycles. The first-order valence-electron chi connectivity index (χ1n) is 6.23. The van der Waals surface area contributed by atoms with Crippen molar-refractivity contribution in [2.45, 2.75) is 12.8 Å². The van der Waals surface area contributed by atoms with Gasteiger partial charge in [0, 0.05) is 12.7 Å². The molecule has 1 saturated carbocycles. The number of nitrogens with one attached hydrogen (secondary N) is 1. The molecule has 0 bridgehead atoms.